The lowest BCUT2D eigenvalue weighted by Crippen LogP contribution is -2.35. The highest BCUT2D eigenvalue weighted by Gasteiger charge is 2.22. The van der Waals surface area contributed by atoms with Crippen LogP contribution in [0.1, 0.15) is 48.4 Å². The number of imidazole rings is 1. The van der Waals surface area contributed by atoms with Crippen molar-refractivity contribution in [1.29, 1.82) is 0 Å². The largest absolute Gasteiger partial charge is 0.337 e. The van der Waals surface area contributed by atoms with Gasteiger partial charge in [0.1, 0.15) is 11.5 Å². The van der Waals surface area contributed by atoms with E-state index in [1.165, 1.54) is 19.3 Å². The van der Waals surface area contributed by atoms with Crippen LogP contribution in [-0.4, -0.2) is 33.4 Å². The summed E-state index contributed by atoms with van der Waals surface area (Å²) in [7, 11) is 0. The topological polar surface area (TPSA) is 38.1 Å². The van der Waals surface area contributed by atoms with Gasteiger partial charge in [0.05, 0.1) is 0 Å². The molecule has 1 saturated heterocycles. The van der Waals surface area contributed by atoms with Crippen LogP contribution in [0.2, 0.25) is 0 Å². The number of fused-ring (bicyclic) bond motifs is 1. The molecule has 0 N–H and O–H groups in total. The van der Waals surface area contributed by atoms with Crippen molar-refractivity contribution in [1.82, 2.24) is 14.5 Å². The lowest BCUT2D eigenvalue weighted by molar-refractivity contribution is 0.0718. The number of amides is 1. The highest BCUT2D eigenvalue weighted by Crippen LogP contribution is 2.17. The average molecular weight is 233 g/mol. The maximum atomic E-state index is 12.3. The first-order chi connectivity index (χ1) is 8.34. The molecule has 0 spiro atoms. The molecule has 1 fully saturated rings. The Labute approximate surface area is 102 Å². The summed E-state index contributed by atoms with van der Waals surface area (Å²) in [6, 6.07) is 0. The van der Waals surface area contributed by atoms with Gasteiger partial charge in [-0.2, -0.15) is 0 Å². The van der Waals surface area contributed by atoms with E-state index in [9.17, 15) is 4.79 Å². The Kier molecular flexibility index (Phi) is 2.87. The predicted octanol–water partition coefficient (Wildman–Crippen LogP) is 1.85. The lowest BCUT2D eigenvalue weighted by Gasteiger charge is -2.25. The van der Waals surface area contributed by atoms with Crippen LogP contribution in [-0.2, 0) is 13.0 Å². The molecule has 92 valence electrons. The Balaban J connectivity index is 1.78. The van der Waals surface area contributed by atoms with E-state index in [0.29, 0.717) is 5.69 Å². The number of aromatic nitrogens is 2. The number of carbonyl (C=O) groups excluding carboxylic acids is 1. The van der Waals surface area contributed by atoms with Crippen molar-refractivity contribution < 1.29 is 4.79 Å². The summed E-state index contributed by atoms with van der Waals surface area (Å²) in [6.45, 7) is 2.83. The van der Waals surface area contributed by atoms with Gasteiger partial charge in [-0.3, -0.25) is 4.79 Å². The second-order valence-corrected chi connectivity index (χ2v) is 5.05. The maximum absolute atomic E-state index is 12.3. The minimum atomic E-state index is 0.131. The number of likely N-dealkylation sites (tertiary alicyclic amines) is 1. The summed E-state index contributed by atoms with van der Waals surface area (Å²) in [5.74, 6) is 1.23. The number of hydrogen-bond acceptors (Lipinski definition) is 2. The standard InChI is InChI=1S/C13H19N3O/c17-13(15-7-3-1-4-8-15)11-10-16-9-5-2-6-12(16)14-11/h10H,1-9H2. The Bertz CT molecular complexity index is 395. The van der Waals surface area contributed by atoms with E-state index in [1.54, 1.807) is 0 Å². The molecule has 0 aliphatic carbocycles. The van der Waals surface area contributed by atoms with Gasteiger partial charge in [-0.25, -0.2) is 4.98 Å². The van der Waals surface area contributed by atoms with Gasteiger partial charge in [-0.05, 0) is 32.1 Å². The SMILES string of the molecule is O=C(c1cn2c(n1)CCCC2)N1CCCCC1. The van der Waals surface area contributed by atoms with Gasteiger partial charge < -0.3 is 9.47 Å². The van der Waals surface area contributed by atoms with Gasteiger partial charge in [0.25, 0.3) is 5.91 Å². The summed E-state index contributed by atoms with van der Waals surface area (Å²) in [5.41, 5.74) is 0.656. The molecule has 0 saturated carbocycles. The molecule has 17 heavy (non-hydrogen) atoms. The Morgan fingerprint density at radius 2 is 1.82 bits per heavy atom. The smallest absolute Gasteiger partial charge is 0.274 e. The molecule has 0 unspecified atom stereocenters. The maximum Gasteiger partial charge on any atom is 0.274 e. The van der Waals surface area contributed by atoms with E-state index >= 15 is 0 Å². The van der Waals surface area contributed by atoms with Crippen LogP contribution >= 0.6 is 0 Å². The summed E-state index contributed by atoms with van der Waals surface area (Å²) < 4.78 is 2.15. The molecule has 0 aromatic carbocycles. The van der Waals surface area contributed by atoms with Crippen LogP contribution in [0.15, 0.2) is 6.20 Å². The van der Waals surface area contributed by atoms with E-state index in [1.807, 2.05) is 11.1 Å². The first-order valence-corrected chi connectivity index (χ1v) is 6.70. The summed E-state index contributed by atoms with van der Waals surface area (Å²) in [6.07, 6.45) is 8.91. The second kappa shape index (κ2) is 4.51. The number of carbonyl (C=O) groups is 1. The third kappa shape index (κ3) is 2.08. The number of hydrogen-bond donors (Lipinski definition) is 0. The van der Waals surface area contributed by atoms with Crippen molar-refractivity contribution in [3.63, 3.8) is 0 Å². The molecule has 4 heteroatoms. The van der Waals surface area contributed by atoms with Gasteiger partial charge in [-0.15, -0.1) is 0 Å². The van der Waals surface area contributed by atoms with Crippen molar-refractivity contribution in [3.8, 4) is 0 Å². The van der Waals surface area contributed by atoms with E-state index in [-0.39, 0.29) is 5.91 Å². The third-order valence-electron chi connectivity index (χ3n) is 3.77. The van der Waals surface area contributed by atoms with Crippen molar-refractivity contribution in [2.75, 3.05) is 13.1 Å². The number of aryl methyl sites for hydroxylation is 2. The minimum Gasteiger partial charge on any atom is -0.337 e. The van der Waals surface area contributed by atoms with Crippen molar-refractivity contribution >= 4 is 5.91 Å². The van der Waals surface area contributed by atoms with E-state index < -0.39 is 0 Å². The first-order valence-electron chi connectivity index (χ1n) is 6.70. The zero-order chi connectivity index (χ0) is 11.7. The van der Waals surface area contributed by atoms with E-state index in [4.69, 9.17) is 0 Å². The van der Waals surface area contributed by atoms with Gasteiger partial charge in [-0.1, -0.05) is 0 Å². The molecule has 2 aliphatic heterocycles. The van der Waals surface area contributed by atoms with Crippen LogP contribution in [0, 0.1) is 0 Å². The summed E-state index contributed by atoms with van der Waals surface area (Å²) >= 11 is 0. The lowest BCUT2D eigenvalue weighted by atomic mass is 10.1. The van der Waals surface area contributed by atoms with E-state index in [2.05, 4.69) is 9.55 Å². The fourth-order valence-corrected chi connectivity index (χ4v) is 2.77. The Morgan fingerprint density at radius 3 is 2.59 bits per heavy atom. The fourth-order valence-electron chi connectivity index (χ4n) is 2.77. The molecule has 1 aromatic rings. The quantitative estimate of drug-likeness (QED) is 0.742. The summed E-state index contributed by atoms with van der Waals surface area (Å²) in [5, 5.41) is 0. The number of rotatable bonds is 1. The third-order valence-corrected chi connectivity index (χ3v) is 3.77. The Morgan fingerprint density at radius 1 is 1.06 bits per heavy atom. The van der Waals surface area contributed by atoms with Crippen LogP contribution in [0.25, 0.3) is 0 Å². The molecular weight excluding hydrogens is 214 g/mol. The molecular formula is C13H19N3O. The van der Waals surface area contributed by atoms with E-state index in [0.717, 1.165) is 44.7 Å². The minimum absolute atomic E-state index is 0.131. The highest BCUT2D eigenvalue weighted by atomic mass is 16.2. The monoisotopic (exact) mass is 233 g/mol. The molecule has 3 rings (SSSR count). The van der Waals surface area contributed by atoms with Gasteiger partial charge in [0.2, 0.25) is 0 Å². The van der Waals surface area contributed by atoms with Crippen LogP contribution in [0.3, 0.4) is 0 Å². The molecule has 3 heterocycles. The molecule has 2 aliphatic rings. The number of nitrogens with zero attached hydrogens (tertiary/aromatic N) is 3. The van der Waals surface area contributed by atoms with Crippen LogP contribution in [0.4, 0.5) is 0 Å². The average Bonchev–Trinajstić information content (AvgIpc) is 2.82. The predicted molar refractivity (Wildman–Crippen MR) is 64.9 cm³/mol. The molecule has 1 aromatic heterocycles. The normalized spacial score (nSPS) is 20.1. The van der Waals surface area contributed by atoms with Crippen molar-refractivity contribution in [2.24, 2.45) is 0 Å². The van der Waals surface area contributed by atoms with Crippen LogP contribution in [0.5, 0.6) is 0 Å². The van der Waals surface area contributed by atoms with Gasteiger partial charge in [0.15, 0.2) is 0 Å². The highest BCUT2D eigenvalue weighted by molar-refractivity contribution is 5.92. The fraction of sp³-hybridized carbons (Fsp3) is 0.692. The molecule has 1 amide bonds. The summed E-state index contributed by atoms with van der Waals surface area (Å²) in [4.78, 5) is 18.7. The zero-order valence-corrected chi connectivity index (χ0v) is 10.2. The molecule has 4 nitrogen and oxygen atoms in total. The first kappa shape index (κ1) is 10.8. The number of piperidine rings is 1. The Hall–Kier alpha value is -1.32. The molecule has 0 bridgehead atoms. The van der Waals surface area contributed by atoms with Gasteiger partial charge >= 0.3 is 0 Å². The van der Waals surface area contributed by atoms with Crippen LogP contribution < -0.4 is 0 Å². The zero-order valence-electron chi connectivity index (χ0n) is 10.2. The second-order valence-electron chi connectivity index (χ2n) is 5.05. The van der Waals surface area contributed by atoms with Crippen molar-refractivity contribution in [3.05, 3.63) is 17.7 Å². The molecule has 0 atom stereocenters. The van der Waals surface area contributed by atoms with Crippen molar-refractivity contribution in [2.45, 2.75) is 45.1 Å². The van der Waals surface area contributed by atoms with Gasteiger partial charge in [0, 0.05) is 32.3 Å². The molecule has 0 radical (unpaired) electrons.